The van der Waals surface area contributed by atoms with E-state index in [0.29, 0.717) is 12.1 Å². The highest BCUT2D eigenvalue weighted by atomic mass is 16.1. The molecule has 0 unspecified atom stereocenters. The Hall–Kier alpha value is -2.43. The standard InChI is InChI=1S/C13H13N3O2/c17-12-4-3-11(9-16-12)13(18)15-7-5-10-2-1-6-14-8-10/h1-4,6,8-9H,5,7H2,(H,15,18)(H,16,17). The Balaban J connectivity index is 1.85. The Morgan fingerprint density at radius 1 is 1.33 bits per heavy atom. The van der Waals surface area contributed by atoms with Gasteiger partial charge in [0, 0.05) is 31.2 Å². The third-order valence-corrected chi connectivity index (χ3v) is 2.47. The highest BCUT2D eigenvalue weighted by molar-refractivity contribution is 5.93. The molecule has 2 rings (SSSR count). The Labute approximate surface area is 104 Å². The molecule has 0 radical (unpaired) electrons. The van der Waals surface area contributed by atoms with Crippen LogP contribution in [0, 0.1) is 0 Å². The molecule has 0 bridgehead atoms. The zero-order chi connectivity index (χ0) is 12.8. The van der Waals surface area contributed by atoms with Gasteiger partial charge in [0.2, 0.25) is 5.56 Å². The number of nitrogens with one attached hydrogen (secondary N) is 2. The van der Waals surface area contributed by atoms with E-state index in [0.717, 1.165) is 12.0 Å². The van der Waals surface area contributed by atoms with Crippen molar-refractivity contribution in [2.24, 2.45) is 0 Å². The van der Waals surface area contributed by atoms with Gasteiger partial charge < -0.3 is 10.3 Å². The number of pyridine rings is 2. The molecule has 2 aromatic heterocycles. The number of hydrogen-bond acceptors (Lipinski definition) is 3. The second kappa shape index (κ2) is 5.77. The lowest BCUT2D eigenvalue weighted by atomic mass is 10.2. The molecule has 0 aliphatic heterocycles. The summed E-state index contributed by atoms with van der Waals surface area (Å²) < 4.78 is 0. The van der Waals surface area contributed by atoms with Gasteiger partial charge in [0.15, 0.2) is 0 Å². The van der Waals surface area contributed by atoms with Gasteiger partial charge in [0.1, 0.15) is 0 Å². The maximum absolute atomic E-state index is 11.7. The lowest BCUT2D eigenvalue weighted by Crippen LogP contribution is -2.26. The number of carbonyl (C=O) groups excluding carboxylic acids is 1. The maximum atomic E-state index is 11.7. The van der Waals surface area contributed by atoms with Crippen LogP contribution in [0.3, 0.4) is 0 Å². The zero-order valence-corrected chi connectivity index (χ0v) is 9.72. The van der Waals surface area contributed by atoms with Gasteiger partial charge in [-0.15, -0.1) is 0 Å². The molecule has 0 aromatic carbocycles. The second-order valence-corrected chi connectivity index (χ2v) is 3.81. The summed E-state index contributed by atoms with van der Waals surface area (Å²) in [5.74, 6) is -0.199. The monoisotopic (exact) mass is 243 g/mol. The van der Waals surface area contributed by atoms with Crippen LogP contribution in [-0.2, 0) is 6.42 Å². The van der Waals surface area contributed by atoms with E-state index in [1.54, 1.807) is 12.4 Å². The molecule has 0 saturated carbocycles. The van der Waals surface area contributed by atoms with E-state index in [4.69, 9.17) is 0 Å². The largest absolute Gasteiger partial charge is 0.352 e. The van der Waals surface area contributed by atoms with Gasteiger partial charge in [-0.3, -0.25) is 14.6 Å². The molecule has 92 valence electrons. The van der Waals surface area contributed by atoms with Crippen LogP contribution in [0.15, 0.2) is 47.7 Å². The van der Waals surface area contributed by atoms with Gasteiger partial charge in [-0.2, -0.15) is 0 Å². The Morgan fingerprint density at radius 2 is 2.22 bits per heavy atom. The molecule has 2 heterocycles. The number of carbonyl (C=O) groups is 1. The lowest BCUT2D eigenvalue weighted by molar-refractivity contribution is 0.0953. The summed E-state index contributed by atoms with van der Waals surface area (Å²) in [5, 5.41) is 2.78. The molecule has 1 amide bonds. The first-order valence-corrected chi connectivity index (χ1v) is 5.61. The van der Waals surface area contributed by atoms with E-state index in [1.165, 1.54) is 18.3 Å². The normalized spacial score (nSPS) is 10.0. The predicted octanol–water partition coefficient (Wildman–Crippen LogP) is 0.742. The second-order valence-electron chi connectivity index (χ2n) is 3.81. The summed E-state index contributed by atoms with van der Waals surface area (Å²) >= 11 is 0. The summed E-state index contributed by atoms with van der Waals surface area (Å²) in [5.41, 5.74) is 1.29. The van der Waals surface area contributed by atoms with Crippen molar-refractivity contribution < 1.29 is 4.79 Å². The van der Waals surface area contributed by atoms with Crippen molar-refractivity contribution in [3.05, 3.63) is 64.3 Å². The smallest absolute Gasteiger partial charge is 0.252 e. The fourth-order valence-corrected chi connectivity index (χ4v) is 1.52. The molecule has 5 nitrogen and oxygen atoms in total. The Morgan fingerprint density at radius 3 is 2.89 bits per heavy atom. The Kier molecular flexibility index (Phi) is 3.86. The number of aromatic nitrogens is 2. The molecule has 0 spiro atoms. The number of rotatable bonds is 4. The summed E-state index contributed by atoms with van der Waals surface area (Å²) in [6.45, 7) is 0.531. The number of H-pyrrole nitrogens is 1. The SMILES string of the molecule is O=C(NCCc1cccnc1)c1ccc(=O)[nH]c1. The minimum Gasteiger partial charge on any atom is -0.352 e. The summed E-state index contributed by atoms with van der Waals surface area (Å²) in [6, 6.07) is 6.65. The van der Waals surface area contributed by atoms with Crippen LogP contribution in [-0.4, -0.2) is 22.4 Å². The van der Waals surface area contributed by atoms with Crippen molar-refractivity contribution >= 4 is 5.91 Å². The van der Waals surface area contributed by atoms with Crippen molar-refractivity contribution in [1.82, 2.24) is 15.3 Å². The molecule has 0 saturated heterocycles. The van der Waals surface area contributed by atoms with Crippen LogP contribution in [0.2, 0.25) is 0 Å². The number of hydrogen-bond donors (Lipinski definition) is 2. The van der Waals surface area contributed by atoms with Gasteiger partial charge in [-0.1, -0.05) is 6.07 Å². The summed E-state index contributed by atoms with van der Waals surface area (Å²) in [7, 11) is 0. The van der Waals surface area contributed by atoms with E-state index >= 15 is 0 Å². The van der Waals surface area contributed by atoms with Crippen molar-refractivity contribution in [2.75, 3.05) is 6.54 Å². The van der Waals surface area contributed by atoms with Crippen LogP contribution >= 0.6 is 0 Å². The number of aromatic amines is 1. The van der Waals surface area contributed by atoms with Gasteiger partial charge in [-0.25, -0.2) is 0 Å². The number of amides is 1. The number of nitrogens with zero attached hydrogens (tertiary/aromatic N) is 1. The maximum Gasteiger partial charge on any atom is 0.252 e. The molecule has 0 aliphatic carbocycles. The molecule has 0 fully saturated rings. The lowest BCUT2D eigenvalue weighted by Gasteiger charge is -2.04. The molecular formula is C13H13N3O2. The summed E-state index contributed by atoms with van der Waals surface area (Å²) in [4.78, 5) is 29.0. The van der Waals surface area contributed by atoms with Crippen LogP contribution in [0.25, 0.3) is 0 Å². The fourth-order valence-electron chi connectivity index (χ4n) is 1.52. The van der Waals surface area contributed by atoms with Crippen molar-refractivity contribution in [1.29, 1.82) is 0 Å². The van der Waals surface area contributed by atoms with Gasteiger partial charge in [0.05, 0.1) is 5.56 Å². The Bertz CT molecular complexity index is 558. The zero-order valence-electron chi connectivity index (χ0n) is 9.72. The third kappa shape index (κ3) is 3.28. The fraction of sp³-hybridized carbons (Fsp3) is 0.154. The van der Waals surface area contributed by atoms with Gasteiger partial charge in [-0.05, 0) is 24.1 Å². The van der Waals surface area contributed by atoms with Crippen LogP contribution in [0.4, 0.5) is 0 Å². The van der Waals surface area contributed by atoms with E-state index in [2.05, 4.69) is 15.3 Å². The van der Waals surface area contributed by atoms with Crippen molar-refractivity contribution in [3.8, 4) is 0 Å². The minimum atomic E-state index is -0.220. The minimum absolute atomic E-state index is 0.199. The first-order chi connectivity index (χ1) is 8.75. The molecule has 2 N–H and O–H groups in total. The van der Waals surface area contributed by atoms with Crippen LogP contribution in [0.5, 0.6) is 0 Å². The third-order valence-electron chi connectivity index (χ3n) is 2.47. The highest BCUT2D eigenvalue weighted by Gasteiger charge is 2.04. The predicted molar refractivity (Wildman–Crippen MR) is 67.3 cm³/mol. The molecule has 5 heteroatoms. The highest BCUT2D eigenvalue weighted by Crippen LogP contribution is 1.97. The van der Waals surface area contributed by atoms with Crippen LogP contribution in [0.1, 0.15) is 15.9 Å². The van der Waals surface area contributed by atoms with E-state index < -0.39 is 0 Å². The average molecular weight is 243 g/mol. The van der Waals surface area contributed by atoms with Gasteiger partial charge >= 0.3 is 0 Å². The van der Waals surface area contributed by atoms with Crippen molar-refractivity contribution in [2.45, 2.75) is 6.42 Å². The quantitative estimate of drug-likeness (QED) is 0.831. The van der Waals surface area contributed by atoms with Crippen molar-refractivity contribution in [3.63, 3.8) is 0 Å². The first-order valence-electron chi connectivity index (χ1n) is 5.61. The van der Waals surface area contributed by atoms with Crippen LogP contribution < -0.4 is 10.9 Å². The van der Waals surface area contributed by atoms with E-state index in [1.807, 2.05) is 12.1 Å². The van der Waals surface area contributed by atoms with Gasteiger partial charge in [0.25, 0.3) is 5.91 Å². The van der Waals surface area contributed by atoms with E-state index in [9.17, 15) is 9.59 Å². The molecule has 2 aromatic rings. The average Bonchev–Trinajstić information content (AvgIpc) is 2.40. The molecular weight excluding hydrogens is 230 g/mol. The molecule has 0 atom stereocenters. The molecule has 0 aliphatic rings. The molecule has 18 heavy (non-hydrogen) atoms. The van der Waals surface area contributed by atoms with E-state index in [-0.39, 0.29) is 11.5 Å². The topological polar surface area (TPSA) is 74.8 Å². The first kappa shape index (κ1) is 12.0. The summed E-state index contributed by atoms with van der Waals surface area (Å²) in [6.07, 6.45) is 5.61.